The summed E-state index contributed by atoms with van der Waals surface area (Å²) in [6, 6.07) is 13.4. The van der Waals surface area contributed by atoms with Gasteiger partial charge in [-0.05, 0) is 41.3 Å². The molecule has 0 radical (unpaired) electrons. The Morgan fingerprint density at radius 1 is 1.21 bits per heavy atom. The Morgan fingerprint density at radius 2 is 1.88 bits per heavy atom. The average Bonchev–Trinajstić information content (AvgIpc) is 3.08. The molecular weight excluding hydrogens is 390 g/mol. The SMILES string of the molecule is COc1ccc(Cl)cc1C(=O)NC1C(c2ccc(Br)cc2)C1(C)C. The largest absolute Gasteiger partial charge is 0.496 e. The predicted octanol–water partition coefficient (Wildman–Crippen LogP) is 5.03. The zero-order valence-corrected chi connectivity index (χ0v) is 16.1. The van der Waals surface area contributed by atoms with Crippen LogP contribution in [0.25, 0.3) is 0 Å². The highest BCUT2D eigenvalue weighted by atomic mass is 79.9. The highest BCUT2D eigenvalue weighted by Gasteiger charge is 2.59. The summed E-state index contributed by atoms with van der Waals surface area (Å²) in [6.07, 6.45) is 0. The number of benzene rings is 2. The quantitative estimate of drug-likeness (QED) is 0.770. The summed E-state index contributed by atoms with van der Waals surface area (Å²) in [5, 5.41) is 3.65. The van der Waals surface area contributed by atoms with Crippen LogP contribution in [0.1, 0.15) is 35.7 Å². The summed E-state index contributed by atoms with van der Waals surface area (Å²) >= 11 is 9.48. The second-order valence-electron chi connectivity index (χ2n) is 6.65. The van der Waals surface area contributed by atoms with Crippen molar-refractivity contribution >= 4 is 33.4 Å². The smallest absolute Gasteiger partial charge is 0.255 e. The van der Waals surface area contributed by atoms with Crippen LogP contribution in [0, 0.1) is 5.41 Å². The van der Waals surface area contributed by atoms with Crippen molar-refractivity contribution in [1.29, 1.82) is 0 Å². The van der Waals surface area contributed by atoms with E-state index >= 15 is 0 Å². The molecule has 2 aromatic carbocycles. The van der Waals surface area contributed by atoms with E-state index in [9.17, 15) is 4.79 Å². The molecule has 0 aliphatic heterocycles. The van der Waals surface area contributed by atoms with Crippen LogP contribution >= 0.6 is 27.5 Å². The topological polar surface area (TPSA) is 38.3 Å². The van der Waals surface area contributed by atoms with Crippen molar-refractivity contribution in [3.63, 3.8) is 0 Å². The van der Waals surface area contributed by atoms with Crippen LogP contribution in [0.15, 0.2) is 46.9 Å². The number of hydrogen-bond donors (Lipinski definition) is 1. The van der Waals surface area contributed by atoms with Gasteiger partial charge < -0.3 is 10.1 Å². The third-order valence-electron chi connectivity index (χ3n) is 4.75. The lowest BCUT2D eigenvalue weighted by molar-refractivity contribution is 0.0943. The van der Waals surface area contributed by atoms with Crippen LogP contribution in [0.5, 0.6) is 5.75 Å². The van der Waals surface area contributed by atoms with E-state index in [1.54, 1.807) is 25.3 Å². The second kappa shape index (κ2) is 6.41. The van der Waals surface area contributed by atoms with Crippen LogP contribution in [0.4, 0.5) is 0 Å². The Balaban J connectivity index is 1.80. The number of hydrogen-bond acceptors (Lipinski definition) is 2. The van der Waals surface area contributed by atoms with E-state index in [0.717, 1.165) is 4.47 Å². The van der Waals surface area contributed by atoms with Crippen LogP contribution in [0.2, 0.25) is 5.02 Å². The number of halogens is 2. The van der Waals surface area contributed by atoms with Crippen LogP contribution in [0.3, 0.4) is 0 Å². The van der Waals surface area contributed by atoms with Gasteiger partial charge in [0.2, 0.25) is 0 Å². The van der Waals surface area contributed by atoms with Gasteiger partial charge in [-0.15, -0.1) is 0 Å². The van der Waals surface area contributed by atoms with Crippen molar-refractivity contribution in [1.82, 2.24) is 5.32 Å². The van der Waals surface area contributed by atoms with Gasteiger partial charge in [-0.3, -0.25) is 4.79 Å². The van der Waals surface area contributed by atoms with Crippen LogP contribution in [-0.4, -0.2) is 19.1 Å². The first kappa shape index (κ1) is 17.3. The second-order valence-corrected chi connectivity index (χ2v) is 8.00. The lowest BCUT2D eigenvalue weighted by Gasteiger charge is -2.10. The number of rotatable bonds is 4. The minimum atomic E-state index is -0.160. The minimum absolute atomic E-state index is 0.00923. The lowest BCUT2D eigenvalue weighted by Crippen LogP contribution is -2.29. The van der Waals surface area contributed by atoms with Crippen molar-refractivity contribution in [3.05, 3.63) is 63.1 Å². The van der Waals surface area contributed by atoms with Crippen molar-refractivity contribution in [2.24, 2.45) is 5.41 Å². The molecule has 1 amide bonds. The Hall–Kier alpha value is -1.52. The van der Waals surface area contributed by atoms with Gasteiger partial charge in [-0.1, -0.05) is 53.5 Å². The number of carbonyl (C=O) groups is 1. The molecule has 0 heterocycles. The molecule has 1 aliphatic rings. The van der Waals surface area contributed by atoms with Crippen molar-refractivity contribution in [2.45, 2.75) is 25.8 Å². The van der Waals surface area contributed by atoms with Crippen molar-refractivity contribution < 1.29 is 9.53 Å². The molecule has 0 aromatic heterocycles. The molecule has 0 bridgehead atoms. The molecule has 24 heavy (non-hydrogen) atoms. The zero-order valence-electron chi connectivity index (χ0n) is 13.8. The first-order chi connectivity index (χ1) is 11.3. The maximum Gasteiger partial charge on any atom is 0.255 e. The lowest BCUT2D eigenvalue weighted by atomic mass is 10.0. The highest BCUT2D eigenvalue weighted by Crippen LogP contribution is 2.58. The Labute approximate surface area is 155 Å². The van der Waals surface area contributed by atoms with E-state index in [4.69, 9.17) is 16.3 Å². The molecule has 0 spiro atoms. The molecule has 0 saturated heterocycles. The van der Waals surface area contributed by atoms with Crippen LogP contribution in [-0.2, 0) is 0 Å². The molecular formula is C19H19BrClNO2. The maximum absolute atomic E-state index is 12.7. The van der Waals surface area contributed by atoms with Gasteiger partial charge in [0.25, 0.3) is 5.91 Å². The van der Waals surface area contributed by atoms with E-state index in [1.807, 2.05) is 12.1 Å². The third kappa shape index (κ3) is 3.17. The van der Waals surface area contributed by atoms with Gasteiger partial charge in [-0.2, -0.15) is 0 Å². The number of nitrogens with one attached hydrogen (secondary N) is 1. The van der Waals surface area contributed by atoms with Gasteiger partial charge >= 0.3 is 0 Å². The molecule has 1 saturated carbocycles. The van der Waals surface area contributed by atoms with E-state index < -0.39 is 0 Å². The third-order valence-corrected chi connectivity index (χ3v) is 5.51. The standard InChI is InChI=1S/C19H19BrClNO2/c1-19(2)16(11-4-6-12(20)7-5-11)17(19)22-18(23)14-10-13(21)8-9-15(14)24-3/h4-10,16-17H,1-3H3,(H,22,23). The molecule has 3 rings (SSSR count). The normalized spacial score (nSPS) is 21.2. The van der Waals surface area contributed by atoms with Gasteiger partial charge in [0.15, 0.2) is 0 Å². The average molecular weight is 409 g/mol. The Morgan fingerprint density at radius 3 is 2.50 bits per heavy atom. The molecule has 3 nitrogen and oxygen atoms in total. The predicted molar refractivity (Wildman–Crippen MR) is 99.9 cm³/mol. The van der Waals surface area contributed by atoms with E-state index in [-0.39, 0.29) is 17.4 Å². The fraction of sp³-hybridized carbons (Fsp3) is 0.316. The number of ether oxygens (including phenoxy) is 1. The molecule has 2 atom stereocenters. The molecule has 126 valence electrons. The molecule has 2 aromatic rings. The van der Waals surface area contributed by atoms with E-state index in [1.165, 1.54) is 5.56 Å². The van der Waals surface area contributed by atoms with Crippen molar-refractivity contribution in [3.8, 4) is 5.75 Å². The Kier molecular flexibility index (Phi) is 4.63. The van der Waals surface area contributed by atoms with E-state index in [0.29, 0.717) is 22.3 Å². The summed E-state index contributed by atoms with van der Waals surface area (Å²) in [7, 11) is 1.55. The number of amides is 1. The number of methoxy groups -OCH3 is 1. The first-order valence-electron chi connectivity index (χ1n) is 7.74. The Bertz CT molecular complexity index is 773. The molecule has 1 fully saturated rings. The summed E-state index contributed by atoms with van der Waals surface area (Å²) in [6.45, 7) is 4.33. The van der Waals surface area contributed by atoms with Gasteiger partial charge in [0.1, 0.15) is 5.75 Å². The van der Waals surface area contributed by atoms with Gasteiger partial charge in [-0.25, -0.2) is 0 Å². The van der Waals surface area contributed by atoms with E-state index in [2.05, 4.69) is 47.2 Å². The molecule has 5 heteroatoms. The fourth-order valence-electron chi connectivity index (χ4n) is 3.28. The maximum atomic E-state index is 12.7. The highest BCUT2D eigenvalue weighted by molar-refractivity contribution is 9.10. The zero-order chi connectivity index (χ0) is 17.5. The summed E-state index contributed by atoms with van der Waals surface area (Å²) in [4.78, 5) is 12.7. The first-order valence-corrected chi connectivity index (χ1v) is 8.91. The number of carbonyl (C=O) groups excluding carboxylic acids is 1. The fourth-order valence-corrected chi connectivity index (χ4v) is 3.71. The summed E-state index contributed by atoms with van der Waals surface area (Å²) in [5.74, 6) is 0.655. The molecule has 1 N–H and O–H groups in total. The minimum Gasteiger partial charge on any atom is -0.496 e. The summed E-state index contributed by atoms with van der Waals surface area (Å²) in [5.41, 5.74) is 1.70. The van der Waals surface area contributed by atoms with Crippen molar-refractivity contribution in [2.75, 3.05) is 7.11 Å². The molecule has 2 unspecified atom stereocenters. The van der Waals surface area contributed by atoms with Gasteiger partial charge in [0, 0.05) is 21.5 Å². The monoisotopic (exact) mass is 407 g/mol. The molecule has 1 aliphatic carbocycles. The summed E-state index contributed by atoms with van der Waals surface area (Å²) < 4.78 is 6.33. The van der Waals surface area contributed by atoms with Crippen LogP contribution < -0.4 is 10.1 Å². The van der Waals surface area contributed by atoms with Gasteiger partial charge in [0.05, 0.1) is 12.7 Å².